The summed E-state index contributed by atoms with van der Waals surface area (Å²) in [5.41, 5.74) is 1.26. The third-order valence-corrected chi connectivity index (χ3v) is 4.78. The maximum absolute atomic E-state index is 6.03. The fourth-order valence-electron chi connectivity index (χ4n) is 3.56. The topological polar surface area (TPSA) is 27.7 Å². The zero-order chi connectivity index (χ0) is 17.3. The molecule has 130 valence electrons. The molecule has 0 spiro atoms. The van der Waals surface area contributed by atoms with Gasteiger partial charge in [-0.25, -0.2) is 0 Å². The zero-order valence-electron chi connectivity index (χ0n) is 14.8. The lowest BCUT2D eigenvalue weighted by atomic mass is 9.97. The van der Waals surface area contributed by atoms with E-state index < -0.39 is 5.79 Å². The van der Waals surface area contributed by atoms with Gasteiger partial charge in [-0.15, -0.1) is 0 Å². The highest BCUT2D eigenvalue weighted by molar-refractivity contribution is 6.02. The summed E-state index contributed by atoms with van der Waals surface area (Å²) < 4.78 is 17.5. The highest BCUT2D eigenvalue weighted by Gasteiger charge is 2.32. The van der Waals surface area contributed by atoms with Gasteiger partial charge >= 0.3 is 0 Å². The molecule has 0 N–H and O–H groups in total. The van der Waals surface area contributed by atoms with E-state index in [1.54, 1.807) is 0 Å². The van der Waals surface area contributed by atoms with Crippen molar-refractivity contribution < 1.29 is 14.2 Å². The van der Waals surface area contributed by atoms with Crippen LogP contribution in [0, 0.1) is 0 Å². The molecular weight excluding hydrogens is 312 g/mol. The maximum atomic E-state index is 6.03. The Morgan fingerprint density at radius 1 is 1.00 bits per heavy atom. The van der Waals surface area contributed by atoms with Crippen molar-refractivity contribution in [3.05, 3.63) is 60.2 Å². The lowest BCUT2D eigenvalue weighted by molar-refractivity contribution is -0.140. The summed E-state index contributed by atoms with van der Waals surface area (Å²) in [6.07, 6.45) is 0.978. The molecular formula is C22H24O3. The van der Waals surface area contributed by atoms with Gasteiger partial charge in [-0.3, -0.25) is 0 Å². The predicted molar refractivity (Wildman–Crippen MR) is 101 cm³/mol. The van der Waals surface area contributed by atoms with Gasteiger partial charge in [0, 0.05) is 6.61 Å². The first-order valence-electron chi connectivity index (χ1n) is 8.91. The monoisotopic (exact) mass is 336 g/mol. The van der Waals surface area contributed by atoms with Crippen LogP contribution in [0.5, 0.6) is 0 Å². The van der Waals surface area contributed by atoms with Crippen molar-refractivity contribution in [2.45, 2.75) is 38.8 Å². The van der Waals surface area contributed by atoms with Crippen LogP contribution in [0.25, 0.3) is 21.5 Å². The molecule has 0 aromatic heterocycles. The van der Waals surface area contributed by atoms with E-state index in [1.807, 2.05) is 13.8 Å². The van der Waals surface area contributed by atoms with Crippen molar-refractivity contribution in [2.75, 3.05) is 13.2 Å². The van der Waals surface area contributed by atoms with Crippen molar-refractivity contribution in [3.63, 3.8) is 0 Å². The highest BCUT2D eigenvalue weighted by atomic mass is 16.7. The number of ether oxygens (including phenoxy) is 3. The van der Waals surface area contributed by atoms with Gasteiger partial charge in [-0.05, 0) is 53.4 Å². The first-order chi connectivity index (χ1) is 12.1. The average Bonchev–Trinajstić information content (AvgIpc) is 2.96. The van der Waals surface area contributed by atoms with Gasteiger partial charge < -0.3 is 14.2 Å². The Kier molecular flexibility index (Phi) is 4.46. The fraction of sp³-hybridized carbons (Fsp3) is 0.364. The van der Waals surface area contributed by atoms with Gasteiger partial charge in [0.2, 0.25) is 0 Å². The summed E-state index contributed by atoms with van der Waals surface area (Å²) in [5.74, 6) is -0.462. The zero-order valence-corrected chi connectivity index (χ0v) is 14.8. The Balaban J connectivity index is 1.50. The molecule has 3 heteroatoms. The summed E-state index contributed by atoms with van der Waals surface area (Å²) in [7, 11) is 0. The van der Waals surface area contributed by atoms with Crippen LogP contribution in [-0.2, 0) is 20.8 Å². The minimum atomic E-state index is -0.462. The van der Waals surface area contributed by atoms with E-state index in [0.717, 1.165) is 6.42 Å². The summed E-state index contributed by atoms with van der Waals surface area (Å²) in [5, 5.41) is 5.05. The molecule has 1 saturated heterocycles. The second-order valence-electron chi connectivity index (χ2n) is 7.09. The van der Waals surface area contributed by atoms with E-state index in [0.29, 0.717) is 19.8 Å². The molecule has 1 aliphatic rings. The van der Waals surface area contributed by atoms with Crippen LogP contribution in [0.2, 0.25) is 0 Å². The lowest BCUT2D eigenvalue weighted by Gasteiger charge is -2.17. The van der Waals surface area contributed by atoms with Crippen molar-refractivity contribution >= 4 is 21.5 Å². The van der Waals surface area contributed by atoms with Gasteiger partial charge in [0.05, 0.1) is 19.3 Å². The number of hydrogen-bond donors (Lipinski definition) is 0. The Morgan fingerprint density at radius 2 is 1.64 bits per heavy atom. The second-order valence-corrected chi connectivity index (χ2v) is 7.09. The van der Waals surface area contributed by atoms with Gasteiger partial charge in [-0.1, -0.05) is 48.5 Å². The first kappa shape index (κ1) is 16.5. The SMILES string of the molecule is CC1(C)OC[C@H](CCOCc2c3ccccc3cc3ccccc23)O1. The van der Waals surface area contributed by atoms with Crippen LogP contribution in [0.3, 0.4) is 0 Å². The summed E-state index contributed by atoms with van der Waals surface area (Å²) >= 11 is 0. The van der Waals surface area contributed by atoms with Crippen molar-refractivity contribution in [1.82, 2.24) is 0 Å². The molecule has 0 saturated carbocycles. The molecule has 1 aliphatic heterocycles. The molecule has 1 heterocycles. The summed E-state index contributed by atoms with van der Waals surface area (Å²) in [6.45, 7) is 5.83. The molecule has 0 bridgehead atoms. The van der Waals surface area contributed by atoms with E-state index in [-0.39, 0.29) is 6.10 Å². The minimum absolute atomic E-state index is 0.124. The largest absolute Gasteiger partial charge is 0.377 e. The van der Waals surface area contributed by atoms with Crippen LogP contribution in [0.15, 0.2) is 54.6 Å². The molecule has 4 rings (SSSR count). The third-order valence-electron chi connectivity index (χ3n) is 4.78. The number of hydrogen-bond acceptors (Lipinski definition) is 3. The van der Waals surface area contributed by atoms with Crippen LogP contribution in [0.1, 0.15) is 25.8 Å². The van der Waals surface area contributed by atoms with Crippen LogP contribution in [0.4, 0.5) is 0 Å². The Labute approximate surface area is 148 Å². The van der Waals surface area contributed by atoms with E-state index in [1.165, 1.54) is 27.1 Å². The Morgan fingerprint density at radius 3 is 2.24 bits per heavy atom. The van der Waals surface area contributed by atoms with Crippen LogP contribution >= 0.6 is 0 Å². The highest BCUT2D eigenvalue weighted by Crippen LogP contribution is 2.29. The fourth-order valence-corrected chi connectivity index (χ4v) is 3.56. The molecule has 0 amide bonds. The smallest absolute Gasteiger partial charge is 0.163 e. The second kappa shape index (κ2) is 6.75. The Hall–Kier alpha value is -1.94. The minimum Gasteiger partial charge on any atom is -0.377 e. The summed E-state index contributed by atoms with van der Waals surface area (Å²) in [6, 6.07) is 19.3. The van der Waals surface area contributed by atoms with E-state index in [2.05, 4.69) is 54.6 Å². The standard InChI is InChI=1S/C22H24O3/c1-22(2)24-14-18(25-22)11-12-23-15-21-19-9-5-3-7-16(19)13-17-8-4-6-10-20(17)21/h3-10,13,18H,11-12,14-15H2,1-2H3/t18-/m0/s1. The van der Waals surface area contributed by atoms with Crippen LogP contribution in [-0.4, -0.2) is 25.1 Å². The van der Waals surface area contributed by atoms with Gasteiger partial charge in [0.15, 0.2) is 5.79 Å². The average molecular weight is 336 g/mol. The van der Waals surface area contributed by atoms with E-state index in [9.17, 15) is 0 Å². The molecule has 1 fully saturated rings. The third kappa shape index (κ3) is 3.54. The van der Waals surface area contributed by atoms with E-state index in [4.69, 9.17) is 14.2 Å². The lowest BCUT2D eigenvalue weighted by Crippen LogP contribution is -2.22. The molecule has 1 atom stereocenters. The van der Waals surface area contributed by atoms with Gasteiger partial charge in [0.1, 0.15) is 0 Å². The van der Waals surface area contributed by atoms with Crippen LogP contribution < -0.4 is 0 Å². The molecule has 25 heavy (non-hydrogen) atoms. The molecule has 0 aliphatic carbocycles. The summed E-state index contributed by atoms with van der Waals surface area (Å²) in [4.78, 5) is 0. The van der Waals surface area contributed by atoms with Gasteiger partial charge in [-0.2, -0.15) is 0 Å². The maximum Gasteiger partial charge on any atom is 0.163 e. The molecule has 0 radical (unpaired) electrons. The molecule has 3 aromatic carbocycles. The molecule has 3 nitrogen and oxygen atoms in total. The normalized spacial score (nSPS) is 19.7. The number of rotatable bonds is 5. The first-order valence-corrected chi connectivity index (χ1v) is 8.91. The van der Waals surface area contributed by atoms with Gasteiger partial charge in [0.25, 0.3) is 0 Å². The number of benzene rings is 3. The molecule has 3 aromatic rings. The van der Waals surface area contributed by atoms with Crippen molar-refractivity contribution in [3.8, 4) is 0 Å². The molecule has 0 unspecified atom stereocenters. The number of fused-ring (bicyclic) bond motifs is 2. The van der Waals surface area contributed by atoms with E-state index >= 15 is 0 Å². The van der Waals surface area contributed by atoms with Crippen molar-refractivity contribution in [1.29, 1.82) is 0 Å². The predicted octanol–water partition coefficient (Wildman–Crippen LogP) is 5.05. The Bertz CT molecular complexity index is 831. The quantitative estimate of drug-likeness (QED) is 0.482. The van der Waals surface area contributed by atoms with Crippen molar-refractivity contribution in [2.24, 2.45) is 0 Å².